The van der Waals surface area contributed by atoms with Gasteiger partial charge in [0.1, 0.15) is 5.82 Å². The second kappa shape index (κ2) is 8.88. The standard InChI is InChI=1S/C15H27N3O/c1-5-13(3)18(10-11-19-4)12-14-8-7-9-17-15(14)16-6-2/h7-9,13H,5-6,10-12H2,1-4H3,(H,16,17). The molecule has 1 unspecified atom stereocenters. The maximum absolute atomic E-state index is 5.21. The fraction of sp³-hybridized carbons (Fsp3) is 0.667. The molecule has 0 amide bonds. The van der Waals surface area contributed by atoms with Crippen LogP contribution in [0.25, 0.3) is 0 Å². The highest BCUT2D eigenvalue weighted by Gasteiger charge is 2.14. The molecule has 0 spiro atoms. The van der Waals surface area contributed by atoms with E-state index in [-0.39, 0.29) is 0 Å². The number of pyridine rings is 1. The first kappa shape index (κ1) is 15.9. The first-order chi connectivity index (χ1) is 9.22. The highest BCUT2D eigenvalue weighted by atomic mass is 16.5. The van der Waals surface area contributed by atoms with Crippen molar-refractivity contribution in [3.8, 4) is 0 Å². The molecular formula is C15H27N3O. The van der Waals surface area contributed by atoms with Gasteiger partial charge in [-0.2, -0.15) is 0 Å². The second-order valence-corrected chi connectivity index (χ2v) is 4.76. The minimum Gasteiger partial charge on any atom is -0.383 e. The molecule has 0 fully saturated rings. The van der Waals surface area contributed by atoms with E-state index in [1.54, 1.807) is 7.11 Å². The Balaban J connectivity index is 2.76. The first-order valence-electron chi connectivity index (χ1n) is 7.13. The number of methoxy groups -OCH3 is 1. The SMILES string of the molecule is CCNc1ncccc1CN(CCOC)C(C)CC. The van der Waals surface area contributed by atoms with Crippen molar-refractivity contribution in [3.63, 3.8) is 0 Å². The van der Waals surface area contributed by atoms with Gasteiger partial charge >= 0.3 is 0 Å². The van der Waals surface area contributed by atoms with Gasteiger partial charge in [0.25, 0.3) is 0 Å². The predicted octanol–water partition coefficient (Wildman–Crippen LogP) is 2.76. The minimum atomic E-state index is 0.546. The summed E-state index contributed by atoms with van der Waals surface area (Å²) in [6, 6.07) is 4.69. The fourth-order valence-electron chi connectivity index (χ4n) is 2.03. The summed E-state index contributed by atoms with van der Waals surface area (Å²) in [7, 11) is 1.75. The van der Waals surface area contributed by atoms with Crippen molar-refractivity contribution in [2.45, 2.75) is 39.8 Å². The molecule has 0 aliphatic heterocycles. The Kier molecular flexibility index (Phi) is 7.45. The number of hydrogen-bond donors (Lipinski definition) is 1. The number of nitrogens with one attached hydrogen (secondary N) is 1. The topological polar surface area (TPSA) is 37.4 Å². The van der Waals surface area contributed by atoms with Crippen molar-refractivity contribution in [1.82, 2.24) is 9.88 Å². The summed E-state index contributed by atoms with van der Waals surface area (Å²) in [5.74, 6) is 0.996. The largest absolute Gasteiger partial charge is 0.383 e. The summed E-state index contributed by atoms with van der Waals surface area (Å²) < 4.78 is 5.21. The third-order valence-corrected chi connectivity index (χ3v) is 3.41. The molecule has 0 saturated carbocycles. The molecule has 1 N–H and O–H groups in total. The zero-order valence-electron chi connectivity index (χ0n) is 12.6. The number of hydrogen-bond acceptors (Lipinski definition) is 4. The van der Waals surface area contributed by atoms with Crippen molar-refractivity contribution in [3.05, 3.63) is 23.9 Å². The van der Waals surface area contributed by atoms with Crippen molar-refractivity contribution >= 4 is 5.82 Å². The Hall–Kier alpha value is -1.13. The Bertz CT molecular complexity index is 357. The first-order valence-corrected chi connectivity index (χ1v) is 7.13. The quantitative estimate of drug-likeness (QED) is 0.745. The lowest BCUT2D eigenvalue weighted by atomic mass is 10.1. The summed E-state index contributed by atoms with van der Waals surface area (Å²) in [5, 5.41) is 3.33. The monoisotopic (exact) mass is 265 g/mol. The van der Waals surface area contributed by atoms with Gasteiger partial charge < -0.3 is 10.1 Å². The second-order valence-electron chi connectivity index (χ2n) is 4.76. The Morgan fingerprint density at radius 1 is 1.42 bits per heavy atom. The van der Waals surface area contributed by atoms with E-state index in [2.05, 4.69) is 42.0 Å². The van der Waals surface area contributed by atoms with Crippen LogP contribution in [0.3, 0.4) is 0 Å². The van der Waals surface area contributed by atoms with Crippen LogP contribution in [-0.2, 0) is 11.3 Å². The van der Waals surface area contributed by atoms with Gasteiger partial charge in [0.05, 0.1) is 6.61 Å². The predicted molar refractivity (Wildman–Crippen MR) is 80.4 cm³/mol. The van der Waals surface area contributed by atoms with E-state index in [4.69, 9.17) is 4.74 Å². The van der Waals surface area contributed by atoms with E-state index < -0.39 is 0 Å². The maximum atomic E-state index is 5.21. The normalized spacial score (nSPS) is 12.7. The summed E-state index contributed by atoms with van der Waals surface area (Å²) >= 11 is 0. The van der Waals surface area contributed by atoms with Crippen LogP contribution in [0.2, 0.25) is 0 Å². The molecule has 4 nitrogen and oxygen atoms in total. The van der Waals surface area contributed by atoms with Crippen molar-refractivity contribution in [1.29, 1.82) is 0 Å². The van der Waals surface area contributed by atoms with Crippen LogP contribution in [0.15, 0.2) is 18.3 Å². The summed E-state index contributed by atoms with van der Waals surface area (Å²) in [6.45, 7) is 10.1. The number of anilines is 1. The van der Waals surface area contributed by atoms with E-state index >= 15 is 0 Å². The molecule has 1 atom stereocenters. The molecule has 0 radical (unpaired) electrons. The summed E-state index contributed by atoms with van der Waals surface area (Å²) in [5.41, 5.74) is 1.25. The molecule has 108 valence electrons. The average Bonchev–Trinajstić information content (AvgIpc) is 2.44. The summed E-state index contributed by atoms with van der Waals surface area (Å²) in [4.78, 5) is 6.86. The summed E-state index contributed by atoms with van der Waals surface area (Å²) in [6.07, 6.45) is 2.98. The molecule has 4 heteroatoms. The molecule has 1 aromatic heterocycles. The van der Waals surface area contributed by atoms with Crippen LogP contribution in [0.4, 0.5) is 5.82 Å². The van der Waals surface area contributed by atoms with E-state index in [0.717, 1.165) is 38.5 Å². The van der Waals surface area contributed by atoms with Crippen LogP contribution in [-0.4, -0.2) is 42.7 Å². The van der Waals surface area contributed by atoms with Gasteiger partial charge in [0.15, 0.2) is 0 Å². The highest BCUT2D eigenvalue weighted by molar-refractivity contribution is 5.43. The van der Waals surface area contributed by atoms with Gasteiger partial charge in [0.2, 0.25) is 0 Å². The Morgan fingerprint density at radius 2 is 2.21 bits per heavy atom. The molecule has 0 aromatic carbocycles. The lowest BCUT2D eigenvalue weighted by molar-refractivity contribution is 0.118. The van der Waals surface area contributed by atoms with Gasteiger partial charge in [0, 0.05) is 44.5 Å². The van der Waals surface area contributed by atoms with Gasteiger partial charge in [-0.25, -0.2) is 4.98 Å². The van der Waals surface area contributed by atoms with Crippen LogP contribution in [0, 0.1) is 0 Å². The van der Waals surface area contributed by atoms with E-state index in [1.165, 1.54) is 5.56 Å². The molecule has 0 saturated heterocycles. The van der Waals surface area contributed by atoms with Crippen LogP contribution < -0.4 is 5.32 Å². The maximum Gasteiger partial charge on any atom is 0.130 e. The number of rotatable bonds is 9. The van der Waals surface area contributed by atoms with Crippen molar-refractivity contribution in [2.75, 3.05) is 32.1 Å². The van der Waals surface area contributed by atoms with E-state index in [0.29, 0.717) is 6.04 Å². The van der Waals surface area contributed by atoms with Crippen molar-refractivity contribution in [2.24, 2.45) is 0 Å². The van der Waals surface area contributed by atoms with Gasteiger partial charge in [-0.3, -0.25) is 4.90 Å². The Morgan fingerprint density at radius 3 is 2.84 bits per heavy atom. The zero-order valence-corrected chi connectivity index (χ0v) is 12.6. The Labute approximate surface area is 117 Å². The minimum absolute atomic E-state index is 0.546. The molecule has 0 aliphatic carbocycles. The lowest BCUT2D eigenvalue weighted by Crippen LogP contribution is -2.35. The van der Waals surface area contributed by atoms with Crippen LogP contribution >= 0.6 is 0 Å². The van der Waals surface area contributed by atoms with Gasteiger partial charge in [-0.1, -0.05) is 13.0 Å². The molecule has 1 aromatic rings. The molecule has 19 heavy (non-hydrogen) atoms. The average molecular weight is 265 g/mol. The molecular weight excluding hydrogens is 238 g/mol. The number of ether oxygens (including phenoxy) is 1. The van der Waals surface area contributed by atoms with Gasteiger partial charge in [-0.15, -0.1) is 0 Å². The van der Waals surface area contributed by atoms with E-state index in [9.17, 15) is 0 Å². The number of aromatic nitrogens is 1. The number of nitrogens with zero attached hydrogens (tertiary/aromatic N) is 2. The molecule has 1 rings (SSSR count). The van der Waals surface area contributed by atoms with Crippen LogP contribution in [0.1, 0.15) is 32.8 Å². The third kappa shape index (κ3) is 5.17. The molecule has 0 aliphatic rings. The third-order valence-electron chi connectivity index (χ3n) is 3.41. The van der Waals surface area contributed by atoms with E-state index in [1.807, 2.05) is 12.3 Å². The van der Waals surface area contributed by atoms with Crippen molar-refractivity contribution < 1.29 is 4.74 Å². The highest BCUT2D eigenvalue weighted by Crippen LogP contribution is 2.16. The van der Waals surface area contributed by atoms with Gasteiger partial charge in [-0.05, 0) is 26.3 Å². The van der Waals surface area contributed by atoms with Crippen LogP contribution in [0.5, 0.6) is 0 Å². The molecule has 0 bridgehead atoms. The zero-order chi connectivity index (χ0) is 14.1. The molecule has 1 heterocycles. The lowest BCUT2D eigenvalue weighted by Gasteiger charge is -2.28. The fourth-order valence-corrected chi connectivity index (χ4v) is 2.03. The smallest absolute Gasteiger partial charge is 0.130 e.